The number of nitrogens with one attached hydrogen (secondary N) is 1. The van der Waals surface area contributed by atoms with E-state index in [0.717, 1.165) is 37.1 Å². The van der Waals surface area contributed by atoms with Crippen LogP contribution in [0, 0.1) is 0 Å². The summed E-state index contributed by atoms with van der Waals surface area (Å²) >= 11 is 1.57. The molecule has 4 rings (SSSR count). The van der Waals surface area contributed by atoms with Crippen molar-refractivity contribution < 1.29 is 9.53 Å². The van der Waals surface area contributed by atoms with Gasteiger partial charge in [-0.1, -0.05) is 18.2 Å². The van der Waals surface area contributed by atoms with E-state index in [4.69, 9.17) is 4.74 Å². The summed E-state index contributed by atoms with van der Waals surface area (Å²) in [6.45, 7) is 2.24. The zero-order chi connectivity index (χ0) is 16.4. The van der Waals surface area contributed by atoms with Gasteiger partial charge in [0.15, 0.2) is 0 Å². The first-order valence-corrected chi connectivity index (χ1v) is 9.45. The summed E-state index contributed by atoms with van der Waals surface area (Å²) in [5.74, 6) is 0.137. The molecule has 0 bridgehead atoms. The third kappa shape index (κ3) is 3.19. The molecule has 1 N–H and O–H groups in total. The molecule has 5 heteroatoms. The molecule has 2 aromatic rings. The van der Waals surface area contributed by atoms with Crippen LogP contribution in [-0.2, 0) is 4.74 Å². The van der Waals surface area contributed by atoms with Crippen LogP contribution in [0.15, 0.2) is 47.2 Å². The molecular weight excluding hydrogens is 320 g/mol. The Morgan fingerprint density at radius 1 is 1.29 bits per heavy atom. The molecule has 2 saturated heterocycles. The minimum Gasteiger partial charge on any atom is -0.380 e. The number of hydrogen-bond donors (Lipinski definition) is 1. The second-order valence-corrected chi connectivity index (χ2v) is 7.53. The lowest BCUT2D eigenvalue weighted by Crippen LogP contribution is -2.50. The summed E-state index contributed by atoms with van der Waals surface area (Å²) in [5.41, 5.74) is 1.75. The van der Waals surface area contributed by atoms with Crippen LogP contribution in [0.5, 0.6) is 0 Å². The third-order valence-electron chi connectivity index (χ3n) is 4.95. The van der Waals surface area contributed by atoms with Crippen LogP contribution in [0.1, 0.15) is 29.6 Å². The lowest BCUT2D eigenvalue weighted by Gasteiger charge is -2.39. The first-order chi connectivity index (χ1) is 11.7. The molecule has 2 aliphatic rings. The average Bonchev–Trinajstić information content (AvgIpc) is 3.26. The van der Waals surface area contributed by atoms with Gasteiger partial charge >= 0.3 is 0 Å². The second-order valence-electron chi connectivity index (χ2n) is 6.75. The van der Waals surface area contributed by atoms with Gasteiger partial charge in [0.25, 0.3) is 5.91 Å². The number of likely N-dealkylation sites (tertiary alicyclic amines) is 1. The standard InChI is InChI=1S/C19H22N2O2S/c22-18(15-7-10-24-13-15)21-9-4-8-19(14-21)11-17(12-23-19)20-16-5-2-1-3-6-16/h1-3,5-7,10,13,17,20H,4,8-9,11-12,14H2/t17-,19+/m0/s1. The number of carbonyl (C=O) groups is 1. The zero-order valence-electron chi connectivity index (χ0n) is 13.6. The van der Waals surface area contributed by atoms with Gasteiger partial charge in [-0.3, -0.25) is 4.79 Å². The summed E-state index contributed by atoms with van der Waals surface area (Å²) in [6, 6.07) is 12.5. The average molecular weight is 342 g/mol. The smallest absolute Gasteiger partial charge is 0.254 e. The molecule has 24 heavy (non-hydrogen) atoms. The Labute approximate surface area is 146 Å². The Bertz CT molecular complexity index is 689. The van der Waals surface area contributed by atoms with Gasteiger partial charge in [-0.25, -0.2) is 0 Å². The molecule has 0 unspecified atom stereocenters. The van der Waals surface area contributed by atoms with E-state index in [1.54, 1.807) is 11.3 Å². The highest BCUT2D eigenvalue weighted by Gasteiger charge is 2.44. The van der Waals surface area contributed by atoms with E-state index < -0.39 is 0 Å². The van der Waals surface area contributed by atoms with Crippen molar-refractivity contribution in [2.45, 2.75) is 30.9 Å². The number of benzene rings is 1. The summed E-state index contributed by atoms with van der Waals surface area (Å²) in [7, 11) is 0. The van der Waals surface area contributed by atoms with E-state index in [9.17, 15) is 4.79 Å². The van der Waals surface area contributed by atoms with Crippen LogP contribution in [0.3, 0.4) is 0 Å². The van der Waals surface area contributed by atoms with Gasteiger partial charge in [0.05, 0.1) is 30.4 Å². The predicted octanol–water partition coefficient (Wildman–Crippen LogP) is 3.62. The Morgan fingerprint density at radius 3 is 2.96 bits per heavy atom. The number of carbonyl (C=O) groups excluding carboxylic acids is 1. The fourth-order valence-electron chi connectivity index (χ4n) is 3.83. The van der Waals surface area contributed by atoms with E-state index in [1.165, 1.54) is 0 Å². The Morgan fingerprint density at radius 2 is 2.17 bits per heavy atom. The number of anilines is 1. The molecule has 4 nitrogen and oxygen atoms in total. The van der Waals surface area contributed by atoms with Crippen LogP contribution in [0.4, 0.5) is 5.69 Å². The fraction of sp³-hybridized carbons (Fsp3) is 0.421. The maximum Gasteiger partial charge on any atom is 0.254 e. The van der Waals surface area contributed by atoms with Crippen molar-refractivity contribution in [1.29, 1.82) is 0 Å². The lowest BCUT2D eigenvalue weighted by atomic mass is 9.88. The van der Waals surface area contributed by atoms with Crippen molar-refractivity contribution in [2.75, 3.05) is 25.0 Å². The van der Waals surface area contributed by atoms with Gasteiger partial charge in [0.1, 0.15) is 0 Å². The highest BCUT2D eigenvalue weighted by molar-refractivity contribution is 7.08. The van der Waals surface area contributed by atoms with E-state index in [1.807, 2.05) is 39.9 Å². The zero-order valence-corrected chi connectivity index (χ0v) is 14.4. The van der Waals surface area contributed by atoms with Crippen molar-refractivity contribution in [1.82, 2.24) is 4.90 Å². The highest BCUT2D eigenvalue weighted by atomic mass is 32.1. The molecule has 1 spiro atoms. The number of amides is 1. The second kappa shape index (κ2) is 6.57. The van der Waals surface area contributed by atoms with Crippen LogP contribution in [0.2, 0.25) is 0 Å². The summed E-state index contributed by atoms with van der Waals surface area (Å²) in [5, 5.41) is 7.44. The number of nitrogens with zero attached hydrogens (tertiary/aromatic N) is 1. The molecule has 1 aromatic carbocycles. The molecule has 1 amide bonds. The van der Waals surface area contributed by atoms with E-state index in [2.05, 4.69) is 17.4 Å². The first-order valence-electron chi connectivity index (χ1n) is 8.51. The van der Waals surface area contributed by atoms with Gasteiger partial charge in [-0.15, -0.1) is 0 Å². The van der Waals surface area contributed by atoms with Crippen LogP contribution in [0.25, 0.3) is 0 Å². The number of ether oxygens (including phenoxy) is 1. The molecule has 1 aromatic heterocycles. The molecule has 0 saturated carbocycles. The van der Waals surface area contributed by atoms with E-state index >= 15 is 0 Å². The largest absolute Gasteiger partial charge is 0.380 e. The molecule has 0 radical (unpaired) electrons. The minimum absolute atomic E-state index is 0.137. The van der Waals surface area contributed by atoms with Crippen molar-refractivity contribution in [3.05, 3.63) is 52.7 Å². The van der Waals surface area contributed by atoms with Gasteiger partial charge in [-0.2, -0.15) is 11.3 Å². The lowest BCUT2D eigenvalue weighted by molar-refractivity contribution is -0.0447. The van der Waals surface area contributed by atoms with Gasteiger partial charge in [0, 0.05) is 24.0 Å². The number of thiophene rings is 1. The molecular formula is C19H22N2O2S. The molecule has 3 heterocycles. The van der Waals surface area contributed by atoms with Crippen molar-refractivity contribution in [3.8, 4) is 0 Å². The molecule has 2 atom stereocenters. The Kier molecular flexibility index (Phi) is 4.29. The Balaban J connectivity index is 1.41. The van der Waals surface area contributed by atoms with Gasteiger partial charge in [-0.05, 0) is 36.4 Å². The first kappa shape index (κ1) is 15.7. The van der Waals surface area contributed by atoms with Crippen molar-refractivity contribution in [2.24, 2.45) is 0 Å². The van der Waals surface area contributed by atoms with Crippen LogP contribution in [-0.4, -0.2) is 42.1 Å². The Hall–Kier alpha value is -1.85. The van der Waals surface area contributed by atoms with E-state index in [0.29, 0.717) is 19.2 Å². The van der Waals surface area contributed by atoms with E-state index in [-0.39, 0.29) is 11.5 Å². The summed E-state index contributed by atoms with van der Waals surface area (Å²) in [6.07, 6.45) is 3.00. The number of para-hydroxylation sites is 1. The summed E-state index contributed by atoms with van der Waals surface area (Å²) < 4.78 is 6.21. The third-order valence-corrected chi connectivity index (χ3v) is 5.63. The molecule has 2 aliphatic heterocycles. The van der Waals surface area contributed by atoms with Gasteiger partial charge in [0.2, 0.25) is 0 Å². The molecule has 2 fully saturated rings. The predicted molar refractivity (Wildman–Crippen MR) is 96.6 cm³/mol. The SMILES string of the molecule is O=C(c1ccsc1)N1CCC[C@@]2(C[C@H](Nc3ccccc3)CO2)C1. The normalized spacial score (nSPS) is 26.7. The van der Waals surface area contributed by atoms with Crippen molar-refractivity contribution in [3.63, 3.8) is 0 Å². The monoisotopic (exact) mass is 342 g/mol. The quantitative estimate of drug-likeness (QED) is 0.926. The minimum atomic E-state index is -0.184. The molecule has 0 aliphatic carbocycles. The maximum atomic E-state index is 12.6. The number of hydrogen-bond acceptors (Lipinski definition) is 4. The maximum absolute atomic E-state index is 12.6. The summed E-state index contributed by atoms with van der Waals surface area (Å²) in [4.78, 5) is 14.6. The molecule has 126 valence electrons. The van der Waals surface area contributed by atoms with Crippen molar-refractivity contribution >= 4 is 22.9 Å². The number of piperidine rings is 1. The van der Waals surface area contributed by atoms with Crippen LogP contribution < -0.4 is 5.32 Å². The fourth-order valence-corrected chi connectivity index (χ4v) is 4.46. The van der Waals surface area contributed by atoms with Crippen LogP contribution >= 0.6 is 11.3 Å². The highest BCUT2D eigenvalue weighted by Crippen LogP contribution is 2.36. The number of rotatable bonds is 3. The van der Waals surface area contributed by atoms with Gasteiger partial charge < -0.3 is 15.0 Å². The topological polar surface area (TPSA) is 41.6 Å².